The average molecular weight is 389 g/mol. The fourth-order valence-electron chi connectivity index (χ4n) is 2.87. The van der Waals surface area contributed by atoms with Gasteiger partial charge in [-0.25, -0.2) is 4.68 Å². The molecular weight excluding hydrogens is 369 g/mol. The van der Waals surface area contributed by atoms with Crippen molar-refractivity contribution in [3.05, 3.63) is 47.8 Å². The van der Waals surface area contributed by atoms with Gasteiger partial charge in [-0.05, 0) is 49.9 Å². The molecule has 2 aromatic rings. The van der Waals surface area contributed by atoms with E-state index in [1.165, 1.54) is 18.2 Å². The fourth-order valence-corrected chi connectivity index (χ4v) is 2.87. The molecule has 0 aliphatic heterocycles. The summed E-state index contributed by atoms with van der Waals surface area (Å²) in [5, 5.41) is 6.65. The minimum Gasteiger partial charge on any atom is -0.345 e. The van der Waals surface area contributed by atoms with Crippen molar-refractivity contribution < 1.29 is 18.0 Å². The fraction of sp³-hybridized carbons (Fsp3) is 0.412. The number of rotatable bonds is 5. The third-order valence-electron chi connectivity index (χ3n) is 4.59. The van der Waals surface area contributed by atoms with Gasteiger partial charge in [-0.2, -0.15) is 18.3 Å². The van der Waals surface area contributed by atoms with Gasteiger partial charge in [0.05, 0.1) is 17.4 Å². The number of nitrogens with zero attached hydrogens (tertiary/aromatic N) is 2. The van der Waals surface area contributed by atoms with E-state index in [1.54, 1.807) is 6.07 Å². The van der Waals surface area contributed by atoms with Crippen LogP contribution in [-0.4, -0.2) is 27.8 Å². The monoisotopic (exact) mass is 388 g/mol. The number of nitrogens with one attached hydrogen (secondary N) is 1. The maximum absolute atomic E-state index is 13.0. The average Bonchev–Trinajstić information content (AvgIpc) is 3.31. The van der Waals surface area contributed by atoms with Crippen molar-refractivity contribution in [2.75, 3.05) is 6.54 Å². The van der Waals surface area contributed by atoms with E-state index in [0.29, 0.717) is 12.5 Å². The topological polar surface area (TPSA) is 72.9 Å². The zero-order valence-electron chi connectivity index (χ0n) is 14.1. The molecular formula is C17H20ClF3N4O. The highest BCUT2D eigenvalue weighted by atomic mass is 35.5. The van der Waals surface area contributed by atoms with Crippen LogP contribution in [0.5, 0.6) is 0 Å². The Kier molecular flexibility index (Phi) is 5.67. The Bertz CT molecular complexity index is 788. The van der Waals surface area contributed by atoms with Gasteiger partial charge in [0.2, 0.25) is 0 Å². The molecule has 1 fully saturated rings. The molecule has 0 radical (unpaired) electrons. The third-order valence-corrected chi connectivity index (χ3v) is 4.59. The van der Waals surface area contributed by atoms with Crippen LogP contribution in [0.4, 0.5) is 13.2 Å². The number of hydrogen-bond acceptors (Lipinski definition) is 3. The van der Waals surface area contributed by atoms with E-state index in [4.69, 9.17) is 5.73 Å². The summed E-state index contributed by atoms with van der Waals surface area (Å²) in [4.78, 5) is 12.5. The summed E-state index contributed by atoms with van der Waals surface area (Å²) in [7, 11) is 0. The van der Waals surface area contributed by atoms with Crippen molar-refractivity contribution in [3.8, 4) is 5.69 Å². The number of alkyl halides is 3. The summed E-state index contributed by atoms with van der Waals surface area (Å²) in [6, 6.07) is 6.84. The molecule has 1 atom stereocenters. The van der Waals surface area contributed by atoms with Gasteiger partial charge in [-0.3, -0.25) is 4.79 Å². The van der Waals surface area contributed by atoms with Crippen LogP contribution in [0.15, 0.2) is 36.5 Å². The Morgan fingerprint density at radius 1 is 1.35 bits per heavy atom. The summed E-state index contributed by atoms with van der Waals surface area (Å²) in [5.41, 5.74) is 4.83. The molecule has 0 spiro atoms. The van der Waals surface area contributed by atoms with Gasteiger partial charge in [-0.15, -0.1) is 12.4 Å². The normalized spacial score (nSPS) is 16.5. The molecule has 1 aliphatic rings. The summed E-state index contributed by atoms with van der Waals surface area (Å²) in [5.74, 6) is -0.0185. The molecule has 3 rings (SSSR count). The molecule has 0 bridgehead atoms. The van der Waals surface area contributed by atoms with E-state index in [2.05, 4.69) is 10.4 Å². The lowest BCUT2D eigenvalue weighted by Crippen LogP contribution is -2.53. The minimum absolute atomic E-state index is 0. The van der Waals surface area contributed by atoms with Crippen LogP contribution in [0.25, 0.3) is 5.69 Å². The molecule has 142 valence electrons. The largest absolute Gasteiger partial charge is 0.433 e. The van der Waals surface area contributed by atoms with Crippen molar-refractivity contribution in [2.24, 2.45) is 11.7 Å². The number of nitrogens with two attached hydrogens (primary N) is 1. The van der Waals surface area contributed by atoms with Gasteiger partial charge < -0.3 is 11.1 Å². The van der Waals surface area contributed by atoms with E-state index in [0.717, 1.165) is 29.8 Å². The lowest BCUT2D eigenvalue weighted by Gasteiger charge is -2.29. The van der Waals surface area contributed by atoms with Crippen molar-refractivity contribution in [1.29, 1.82) is 0 Å². The quantitative estimate of drug-likeness (QED) is 0.826. The zero-order valence-corrected chi connectivity index (χ0v) is 14.9. The molecule has 1 aliphatic carbocycles. The van der Waals surface area contributed by atoms with Gasteiger partial charge in [0.1, 0.15) is 5.69 Å². The molecule has 9 heteroatoms. The van der Waals surface area contributed by atoms with Gasteiger partial charge in [0, 0.05) is 12.1 Å². The smallest absolute Gasteiger partial charge is 0.345 e. The Morgan fingerprint density at radius 3 is 2.62 bits per heavy atom. The first-order valence-corrected chi connectivity index (χ1v) is 7.99. The molecule has 1 amide bonds. The van der Waals surface area contributed by atoms with E-state index in [-0.39, 0.29) is 29.6 Å². The number of halogens is 4. The highest BCUT2D eigenvalue weighted by Gasteiger charge is 2.41. The number of benzene rings is 1. The second-order valence-electron chi connectivity index (χ2n) is 6.53. The number of amides is 1. The minimum atomic E-state index is -4.53. The molecule has 5 nitrogen and oxygen atoms in total. The highest BCUT2D eigenvalue weighted by Crippen LogP contribution is 2.39. The van der Waals surface area contributed by atoms with E-state index in [9.17, 15) is 18.0 Å². The molecule has 1 unspecified atom stereocenters. The Labute approximate surface area is 155 Å². The second kappa shape index (κ2) is 7.28. The van der Waals surface area contributed by atoms with Gasteiger partial charge in [0.25, 0.3) is 5.91 Å². The first-order chi connectivity index (χ1) is 11.7. The molecule has 1 aromatic carbocycles. The van der Waals surface area contributed by atoms with Crippen LogP contribution in [0.2, 0.25) is 0 Å². The molecule has 26 heavy (non-hydrogen) atoms. The summed E-state index contributed by atoms with van der Waals surface area (Å²) in [6.07, 6.45) is -1.43. The van der Waals surface area contributed by atoms with Crippen LogP contribution in [-0.2, 0) is 6.18 Å². The predicted molar refractivity (Wildman–Crippen MR) is 93.5 cm³/mol. The Hall–Kier alpha value is -2.06. The van der Waals surface area contributed by atoms with Crippen LogP contribution < -0.4 is 11.1 Å². The molecule has 1 aromatic heterocycles. The number of carbonyl (C=O) groups is 1. The number of aromatic nitrogens is 2. The van der Waals surface area contributed by atoms with Gasteiger partial charge in [0.15, 0.2) is 0 Å². The van der Waals surface area contributed by atoms with E-state index < -0.39 is 17.4 Å². The number of carbonyl (C=O) groups excluding carboxylic acids is 1. The third kappa shape index (κ3) is 4.02. The SMILES string of the molecule is CC(CN)(NC(=O)c1cccc(-n2nccc2C(F)(F)F)c1)C1CC1.Cl. The highest BCUT2D eigenvalue weighted by molar-refractivity contribution is 5.95. The molecule has 3 N–H and O–H groups in total. The van der Waals surface area contributed by atoms with Gasteiger partial charge in [-0.1, -0.05) is 6.07 Å². The first-order valence-electron chi connectivity index (χ1n) is 7.99. The molecule has 0 saturated heterocycles. The summed E-state index contributed by atoms with van der Waals surface area (Å²) < 4.78 is 39.9. The number of hydrogen-bond donors (Lipinski definition) is 2. The van der Waals surface area contributed by atoms with Crippen LogP contribution in [0, 0.1) is 5.92 Å². The second-order valence-corrected chi connectivity index (χ2v) is 6.53. The van der Waals surface area contributed by atoms with Crippen molar-refractivity contribution in [3.63, 3.8) is 0 Å². The van der Waals surface area contributed by atoms with Crippen molar-refractivity contribution >= 4 is 18.3 Å². The lowest BCUT2D eigenvalue weighted by atomic mass is 9.95. The predicted octanol–water partition coefficient (Wildman–Crippen LogP) is 3.17. The van der Waals surface area contributed by atoms with E-state index in [1.807, 2.05) is 6.92 Å². The van der Waals surface area contributed by atoms with Crippen LogP contribution in [0.3, 0.4) is 0 Å². The Balaban J connectivity index is 0.00000243. The molecule has 1 heterocycles. The standard InChI is InChI=1S/C17H19F3N4O.ClH/c1-16(10-21,12-5-6-12)23-15(25)11-3-2-4-13(9-11)24-14(7-8-22-24)17(18,19)20;/h2-4,7-9,12H,5-6,10,21H2,1H3,(H,23,25);1H. The zero-order chi connectivity index (χ0) is 18.2. The van der Waals surface area contributed by atoms with Crippen molar-refractivity contribution in [1.82, 2.24) is 15.1 Å². The van der Waals surface area contributed by atoms with E-state index >= 15 is 0 Å². The lowest BCUT2D eigenvalue weighted by molar-refractivity contribution is -0.142. The molecule has 1 saturated carbocycles. The van der Waals surface area contributed by atoms with Crippen molar-refractivity contribution in [2.45, 2.75) is 31.5 Å². The maximum atomic E-state index is 13.0. The van der Waals surface area contributed by atoms with Crippen LogP contribution in [0.1, 0.15) is 35.8 Å². The van der Waals surface area contributed by atoms with Crippen LogP contribution >= 0.6 is 12.4 Å². The summed E-state index contributed by atoms with van der Waals surface area (Å²) in [6.45, 7) is 2.20. The summed E-state index contributed by atoms with van der Waals surface area (Å²) >= 11 is 0. The maximum Gasteiger partial charge on any atom is 0.433 e. The first kappa shape index (κ1) is 20.3. The van der Waals surface area contributed by atoms with Gasteiger partial charge >= 0.3 is 6.18 Å². The Morgan fingerprint density at radius 2 is 2.04 bits per heavy atom.